The van der Waals surface area contributed by atoms with Gasteiger partial charge in [-0.15, -0.1) is 0 Å². The van der Waals surface area contributed by atoms with Crippen LogP contribution in [-0.2, 0) is 16.0 Å². The van der Waals surface area contributed by atoms with Crippen molar-refractivity contribution in [1.82, 2.24) is 0 Å². The molecule has 1 aromatic carbocycles. The van der Waals surface area contributed by atoms with Gasteiger partial charge in [0.05, 0.1) is 11.5 Å². The molecule has 0 bridgehead atoms. The van der Waals surface area contributed by atoms with Crippen molar-refractivity contribution in [2.45, 2.75) is 20.3 Å². The van der Waals surface area contributed by atoms with Crippen LogP contribution in [0.15, 0.2) is 18.2 Å². The average Bonchev–Trinajstić information content (AvgIpc) is 2.28. The van der Waals surface area contributed by atoms with Gasteiger partial charge in [0.25, 0.3) is 5.69 Å². The maximum Gasteiger partial charge on any atom is 0.345 e. The van der Waals surface area contributed by atoms with E-state index in [-0.39, 0.29) is 30.1 Å². The van der Waals surface area contributed by atoms with Crippen molar-refractivity contribution < 1.29 is 19.2 Å². The first-order valence-corrected chi connectivity index (χ1v) is 5.39. The molecular formula is C12H13NO5. The number of Topliss-reactive ketones (excluding diaryl/α,β-unsaturated/α-hetero) is 1. The molecule has 1 aromatic rings. The number of nitro benzene ring substituents is 1. The molecule has 0 aliphatic carbocycles. The number of ether oxygens (including phenoxy) is 1. The Morgan fingerprint density at radius 3 is 2.56 bits per heavy atom. The summed E-state index contributed by atoms with van der Waals surface area (Å²) in [5.74, 6) is -0.841. The maximum atomic E-state index is 11.5. The summed E-state index contributed by atoms with van der Waals surface area (Å²) in [5, 5.41) is 10.9. The van der Waals surface area contributed by atoms with Crippen molar-refractivity contribution >= 4 is 17.4 Å². The summed E-state index contributed by atoms with van der Waals surface area (Å²) in [6.07, 6.45) is 0.101. The first-order valence-electron chi connectivity index (χ1n) is 5.39. The molecule has 0 saturated heterocycles. The van der Waals surface area contributed by atoms with Crippen molar-refractivity contribution in [3.05, 3.63) is 39.4 Å². The summed E-state index contributed by atoms with van der Waals surface area (Å²) < 4.78 is 4.73. The lowest BCUT2D eigenvalue weighted by Gasteiger charge is -2.04. The number of ketones is 1. The predicted octanol–water partition coefficient (Wildman–Crippen LogP) is 1.90. The quantitative estimate of drug-likeness (QED) is 0.453. The zero-order chi connectivity index (χ0) is 13.7. The molecule has 96 valence electrons. The van der Waals surface area contributed by atoms with Crippen molar-refractivity contribution in [2.24, 2.45) is 0 Å². The van der Waals surface area contributed by atoms with E-state index in [2.05, 4.69) is 0 Å². The van der Waals surface area contributed by atoms with Crippen molar-refractivity contribution in [2.75, 3.05) is 6.61 Å². The minimum atomic E-state index is -0.737. The van der Waals surface area contributed by atoms with Crippen LogP contribution in [0.4, 0.5) is 5.69 Å². The van der Waals surface area contributed by atoms with Crippen LogP contribution in [0.25, 0.3) is 0 Å². The van der Waals surface area contributed by atoms with E-state index in [0.29, 0.717) is 5.56 Å². The molecule has 0 heterocycles. The standard InChI is InChI=1S/C12H13NO5/c1-3-18-12(15)10-5-4-9(6-8(2)14)7-11(10)13(16)17/h4-5,7H,3,6H2,1-2H3. The van der Waals surface area contributed by atoms with Crippen LogP contribution in [0.3, 0.4) is 0 Å². The van der Waals surface area contributed by atoms with Crippen molar-refractivity contribution in [3.8, 4) is 0 Å². The average molecular weight is 251 g/mol. The number of esters is 1. The summed E-state index contributed by atoms with van der Waals surface area (Å²) >= 11 is 0. The van der Waals surface area contributed by atoms with Crippen LogP contribution < -0.4 is 0 Å². The van der Waals surface area contributed by atoms with Crippen LogP contribution >= 0.6 is 0 Å². The van der Waals surface area contributed by atoms with E-state index in [1.54, 1.807) is 6.92 Å². The van der Waals surface area contributed by atoms with Gasteiger partial charge in [-0.05, 0) is 25.5 Å². The van der Waals surface area contributed by atoms with Crippen LogP contribution in [-0.4, -0.2) is 23.3 Å². The molecule has 0 aromatic heterocycles. The van der Waals surface area contributed by atoms with E-state index >= 15 is 0 Å². The second-order valence-corrected chi connectivity index (χ2v) is 3.71. The first kappa shape index (κ1) is 13.8. The molecule has 0 saturated carbocycles. The van der Waals surface area contributed by atoms with Crippen LogP contribution in [0, 0.1) is 10.1 Å². The highest BCUT2D eigenvalue weighted by molar-refractivity contribution is 5.94. The van der Waals surface area contributed by atoms with Crippen LogP contribution in [0.1, 0.15) is 29.8 Å². The Bertz CT molecular complexity index is 495. The Morgan fingerprint density at radius 1 is 1.39 bits per heavy atom. The number of carbonyl (C=O) groups excluding carboxylic acids is 2. The molecule has 18 heavy (non-hydrogen) atoms. The fraction of sp³-hybridized carbons (Fsp3) is 0.333. The van der Waals surface area contributed by atoms with Gasteiger partial charge in [0.2, 0.25) is 0 Å². The number of nitrogens with zero attached hydrogens (tertiary/aromatic N) is 1. The lowest BCUT2D eigenvalue weighted by Crippen LogP contribution is -2.09. The molecule has 0 aliphatic heterocycles. The number of carbonyl (C=O) groups is 2. The Morgan fingerprint density at radius 2 is 2.06 bits per heavy atom. The van der Waals surface area contributed by atoms with Gasteiger partial charge >= 0.3 is 5.97 Å². The highest BCUT2D eigenvalue weighted by atomic mass is 16.6. The van der Waals surface area contributed by atoms with Gasteiger partial charge in [-0.25, -0.2) is 4.79 Å². The lowest BCUT2D eigenvalue weighted by molar-refractivity contribution is -0.385. The molecule has 0 unspecified atom stereocenters. The topological polar surface area (TPSA) is 86.5 Å². The fourth-order valence-corrected chi connectivity index (χ4v) is 1.51. The monoisotopic (exact) mass is 251 g/mol. The molecule has 0 atom stereocenters. The third-order valence-corrected chi connectivity index (χ3v) is 2.21. The predicted molar refractivity (Wildman–Crippen MR) is 63.4 cm³/mol. The summed E-state index contributed by atoms with van der Waals surface area (Å²) in [7, 11) is 0. The number of benzene rings is 1. The van der Waals surface area contributed by atoms with Crippen LogP contribution in [0.5, 0.6) is 0 Å². The summed E-state index contributed by atoms with van der Waals surface area (Å²) in [6.45, 7) is 3.16. The molecule has 0 spiro atoms. The molecule has 0 fully saturated rings. The van der Waals surface area contributed by atoms with Crippen LogP contribution in [0.2, 0.25) is 0 Å². The molecule has 0 amide bonds. The fourth-order valence-electron chi connectivity index (χ4n) is 1.51. The van der Waals surface area contributed by atoms with Gasteiger partial charge < -0.3 is 4.74 Å². The van der Waals surface area contributed by atoms with E-state index in [1.165, 1.54) is 25.1 Å². The molecule has 6 heteroatoms. The molecule has 0 radical (unpaired) electrons. The van der Waals surface area contributed by atoms with Gasteiger partial charge in [0.15, 0.2) is 0 Å². The Balaban J connectivity index is 3.16. The zero-order valence-corrected chi connectivity index (χ0v) is 10.1. The van der Waals surface area contributed by atoms with Crippen molar-refractivity contribution in [1.29, 1.82) is 0 Å². The van der Waals surface area contributed by atoms with E-state index in [0.717, 1.165) is 0 Å². The molecule has 0 N–H and O–H groups in total. The number of hydrogen-bond donors (Lipinski definition) is 0. The smallest absolute Gasteiger partial charge is 0.345 e. The Hall–Kier alpha value is -2.24. The van der Waals surface area contributed by atoms with Crippen molar-refractivity contribution in [3.63, 3.8) is 0 Å². The minimum absolute atomic E-state index is 0.101. The highest BCUT2D eigenvalue weighted by Crippen LogP contribution is 2.21. The van der Waals surface area contributed by atoms with Gasteiger partial charge in [-0.1, -0.05) is 6.07 Å². The molecule has 6 nitrogen and oxygen atoms in total. The highest BCUT2D eigenvalue weighted by Gasteiger charge is 2.21. The van der Waals surface area contributed by atoms with E-state index in [9.17, 15) is 19.7 Å². The summed E-state index contributed by atoms with van der Waals surface area (Å²) in [4.78, 5) is 32.7. The van der Waals surface area contributed by atoms with E-state index in [4.69, 9.17) is 4.74 Å². The van der Waals surface area contributed by atoms with Gasteiger partial charge in [0.1, 0.15) is 11.3 Å². The first-order chi connectivity index (χ1) is 8.45. The number of hydrogen-bond acceptors (Lipinski definition) is 5. The maximum absolute atomic E-state index is 11.5. The second kappa shape index (κ2) is 5.90. The number of nitro groups is 1. The minimum Gasteiger partial charge on any atom is -0.462 e. The third-order valence-electron chi connectivity index (χ3n) is 2.21. The number of rotatable bonds is 5. The second-order valence-electron chi connectivity index (χ2n) is 3.71. The molecular weight excluding hydrogens is 238 g/mol. The molecule has 0 aliphatic rings. The lowest BCUT2D eigenvalue weighted by atomic mass is 10.1. The SMILES string of the molecule is CCOC(=O)c1ccc(CC(C)=O)cc1[N+](=O)[O-]. The Labute approximate surface area is 104 Å². The van der Waals surface area contributed by atoms with Gasteiger partial charge in [-0.3, -0.25) is 14.9 Å². The normalized spacial score (nSPS) is 9.89. The molecule has 1 rings (SSSR count). The Kier molecular flexibility index (Phi) is 4.53. The van der Waals surface area contributed by atoms with Gasteiger partial charge in [-0.2, -0.15) is 0 Å². The largest absolute Gasteiger partial charge is 0.462 e. The summed E-state index contributed by atoms with van der Waals surface area (Å²) in [5.41, 5.74) is 0.0589. The van der Waals surface area contributed by atoms with Gasteiger partial charge in [0, 0.05) is 12.5 Å². The van der Waals surface area contributed by atoms with E-state index < -0.39 is 10.9 Å². The third kappa shape index (κ3) is 3.38. The van der Waals surface area contributed by atoms with E-state index in [1.807, 2.05) is 0 Å². The summed E-state index contributed by atoms with van der Waals surface area (Å²) in [6, 6.07) is 4.06. The zero-order valence-electron chi connectivity index (χ0n) is 10.1.